The van der Waals surface area contributed by atoms with Gasteiger partial charge >= 0.3 is 0 Å². The van der Waals surface area contributed by atoms with E-state index < -0.39 is 6.10 Å². The molecule has 0 aromatic heterocycles. The van der Waals surface area contributed by atoms with Gasteiger partial charge in [-0.25, -0.2) is 0 Å². The van der Waals surface area contributed by atoms with E-state index in [1.54, 1.807) is 7.11 Å². The smallest absolute Gasteiger partial charge is 0.267 e. The zero-order valence-electron chi connectivity index (χ0n) is 11.8. The monoisotopic (exact) mass is 274 g/mol. The fourth-order valence-electron chi connectivity index (χ4n) is 2.68. The van der Waals surface area contributed by atoms with E-state index in [-0.39, 0.29) is 5.91 Å². The molecule has 1 aromatic rings. The van der Waals surface area contributed by atoms with Crippen molar-refractivity contribution in [1.82, 2.24) is 4.90 Å². The van der Waals surface area contributed by atoms with E-state index in [0.29, 0.717) is 13.0 Å². The predicted octanol–water partition coefficient (Wildman–Crippen LogP) is 1.74. The van der Waals surface area contributed by atoms with E-state index in [4.69, 9.17) is 9.57 Å². The summed E-state index contributed by atoms with van der Waals surface area (Å²) in [5, 5.41) is 3.85. The first-order valence-electron chi connectivity index (χ1n) is 6.81. The first-order chi connectivity index (χ1) is 9.67. The molecular weight excluding hydrogens is 256 g/mol. The van der Waals surface area contributed by atoms with Crippen LogP contribution in [0.3, 0.4) is 0 Å². The van der Waals surface area contributed by atoms with Gasteiger partial charge in [0, 0.05) is 19.5 Å². The third kappa shape index (κ3) is 2.35. The second kappa shape index (κ2) is 5.15. The van der Waals surface area contributed by atoms with Crippen LogP contribution < -0.4 is 4.74 Å². The third-order valence-electron chi connectivity index (χ3n) is 3.83. The van der Waals surface area contributed by atoms with Gasteiger partial charge in [0.15, 0.2) is 0 Å². The molecule has 20 heavy (non-hydrogen) atoms. The van der Waals surface area contributed by atoms with Crippen molar-refractivity contribution in [2.75, 3.05) is 13.7 Å². The average molecular weight is 274 g/mol. The minimum absolute atomic E-state index is 0.0343. The second-order valence-corrected chi connectivity index (χ2v) is 5.27. The summed E-state index contributed by atoms with van der Waals surface area (Å²) in [6, 6.07) is 6.02. The van der Waals surface area contributed by atoms with Gasteiger partial charge in [-0.2, -0.15) is 0 Å². The number of ether oxygens (including phenoxy) is 1. The molecule has 0 bridgehead atoms. The maximum atomic E-state index is 12.4. The number of oxime groups is 1. The summed E-state index contributed by atoms with van der Waals surface area (Å²) in [5.74, 6) is 0.902. The molecule has 0 spiro atoms. The molecule has 5 nitrogen and oxygen atoms in total. The highest BCUT2D eigenvalue weighted by Gasteiger charge is 2.32. The first-order valence-corrected chi connectivity index (χ1v) is 6.81. The van der Waals surface area contributed by atoms with Gasteiger partial charge in [-0.15, -0.1) is 0 Å². The molecule has 0 N–H and O–H groups in total. The number of hydrogen-bond donors (Lipinski definition) is 0. The van der Waals surface area contributed by atoms with E-state index in [9.17, 15) is 4.79 Å². The van der Waals surface area contributed by atoms with Crippen LogP contribution in [0, 0.1) is 0 Å². The normalized spacial score (nSPS) is 21.0. The summed E-state index contributed by atoms with van der Waals surface area (Å²) in [6.45, 7) is 3.24. The minimum Gasteiger partial charge on any atom is -0.497 e. The Bertz CT molecular complexity index is 568. The van der Waals surface area contributed by atoms with Gasteiger partial charge in [0.25, 0.3) is 5.91 Å². The number of amides is 1. The lowest BCUT2D eigenvalue weighted by Gasteiger charge is -2.30. The Morgan fingerprint density at radius 1 is 1.45 bits per heavy atom. The van der Waals surface area contributed by atoms with Crippen molar-refractivity contribution < 1.29 is 14.4 Å². The largest absolute Gasteiger partial charge is 0.497 e. The van der Waals surface area contributed by atoms with Gasteiger partial charge in [0.1, 0.15) is 5.75 Å². The zero-order chi connectivity index (χ0) is 14.1. The first kappa shape index (κ1) is 13.0. The molecule has 1 atom stereocenters. The lowest BCUT2D eigenvalue weighted by atomic mass is 9.98. The van der Waals surface area contributed by atoms with Gasteiger partial charge in [-0.1, -0.05) is 11.2 Å². The molecule has 0 saturated carbocycles. The topological polar surface area (TPSA) is 51.1 Å². The molecule has 3 rings (SSSR count). The molecule has 0 unspecified atom stereocenters. The van der Waals surface area contributed by atoms with E-state index in [1.165, 1.54) is 11.1 Å². The standard InChI is InChI=1S/C15H18N2O3/c1-10-7-14(20-16-10)15(18)17-6-5-11-8-13(19-2)4-3-12(11)9-17/h3-4,8,14H,5-7,9H2,1-2H3/t14-/m1/s1. The maximum Gasteiger partial charge on any atom is 0.267 e. The van der Waals surface area contributed by atoms with Gasteiger partial charge in [-0.05, 0) is 36.6 Å². The highest BCUT2D eigenvalue weighted by atomic mass is 16.6. The number of benzene rings is 1. The Morgan fingerprint density at radius 2 is 2.30 bits per heavy atom. The fourth-order valence-corrected chi connectivity index (χ4v) is 2.68. The molecule has 2 aliphatic rings. The number of nitrogens with zero attached hydrogens (tertiary/aromatic N) is 2. The van der Waals surface area contributed by atoms with Gasteiger partial charge in [0.05, 0.1) is 12.8 Å². The van der Waals surface area contributed by atoms with Crippen LogP contribution in [-0.2, 0) is 22.6 Å². The van der Waals surface area contributed by atoms with Crippen LogP contribution in [0.2, 0.25) is 0 Å². The molecule has 5 heteroatoms. The quantitative estimate of drug-likeness (QED) is 0.825. The van der Waals surface area contributed by atoms with Crippen molar-refractivity contribution in [2.24, 2.45) is 5.16 Å². The molecule has 0 fully saturated rings. The van der Waals surface area contributed by atoms with Crippen molar-refractivity contribution in [1.29, 1.82) is 0 Å². The summed E-state index contributed by atoms with van der Waals surface area (Å²) in [6.07, 6.45) is 1.02. The number of fused-ring (bicyclic) bond motifs is 1. The molecule has 2 heterocycles. The van der Waals surface area contributed by atoms with Gasteiger partial charge in [0.2, 0.25) is 6.10 Å². The second-order valence-electron chi connectivity index (χ2n) is 5.27. The highest BCUT2D eigenvalue weighted by molar-refractivity contribution is 5.91. The molecule has 0 aliphatic carbocycles. The molecule has 0 radical (unpaired) electrons. The van der Waals surface area contributed by atoms with Crippen LogP contribution in [0.5, 0.6) is 5.75 Å². The molecular formula is C15H18N2O3. The number of rotatable bonds is 2. The minimum atomic E-state index is -0.435. The lowest BCUT2D eigenvalue weighted by Crippen LogP contribution is -2.42. The van der Waals surface area contributed by atoms with Crippen LogP contribution in [0.15, 0.2) is 23.4 Å². The summed E-state index contributed by atoms with van der Waals surface area (Å²) >= 11 is 0. The average Bonchev–Trinajstić information content (AvgIpc) is 2.92. The Hall–Kier alpha value is -2.04. The maximum absolute atomic E-state index is 12.4. The van der Waals surface area contributed by atoms with Crippen LogP contribution in [0.4, 0.5) is 0 Å². The Balaban J connectivity index is 1.71. The van der Waals surface area contributed by atoms with Crippen LogP contribution in [0.1, 0.15) is 24.5 Å². The Morgan fingerprint density at radius 3 is 3.00 bits per heavy atom. The van der Waals surface area contributed by atoms with Crippen molar-refractivity contribution in [2.45, 2.75) is 32.4 Å². The van der Waals surface area contributed by atoms with E-state index in [1.807, 2.05) is 24.0 Å². The third-order valence-corrected chi connectivity index (χ3v) is 3.83. The van der Waals surface area contributed by atoms with Crippen LogP contribution >= 0.6 is 0 Å². The van der Waals surface area contributed by atoms with Crippen molar-refractivity contribution >= 4 is 11.6 Å². The number of methoxy groups -OCH3 is 1. The summed E-state index contributed by atoms with van der Waals surface area (Å²) in [4.78, 5) is 19.4. The van der Waals surface area contributed by atoms with E-state index >= 15 is 0 Å². The van der Waals surface area contributed by atoms with E-state index in [2.05, 4.69) is 11.2 Å². The van der Waals surface area contributed by atoms with Crippen LogP contribution in [0.25, 0.3) is 0 Å². The Kier molecular flexibility index (Phi) is 3.34. The van der Waals surface area contributed by atoms with Gasteiger partial charge in [-0.3, -0.25) is 4.79 Å². The van der Waals surface area contributed by atoms with Crippen molar-refractivity contribution in [3.8, 4) is 5.75 Å². The molecule has 0 saturated heterocycles. The highest BCUT2D eigenvalue weighted by Crippen LogP contribution is 2.25. The number of carbonyl (C=O) groups is 1. The number of hydrogen-bond acceptors (Lipinski definition) is 4. The fraction of sp³-hybridized carbons (Fsp3) is 0.467. The Labute approximate surface area is 118 Å². The molecule has 106 valence electrons. The SMILES string of the molecule is COc1ccc2c(c1)CCN(C(=O)[C@H]1CC(C)=NO1)C2. The van der Waals surface area contributed by atoms with Crippen molar-refractivity contribution in [3.05, 3.63) is 29.3 Å². The summed E-state index contributed by atoms with van der Waals surface area (Å²) < 4.78 is 5.23. The summed E-state index contributed by atoms with van der Waals surface area (Å²) in [5.41, 5.74) is 3.32. The number of carbonyl (C=O) groups excluding carboxylic acids is 1. The zero-order valence-corrected chi connectivity index (χ0v) is 11.8. The van der Waals surface area contributed by atoms with Gasteiger partial charge < -0.3 is 14.5 Å². The lowest BCUT2D eigenvalue weighted by molar-refractivity contribution is -0.143. The summed E-state index contributed by atoms with van der Waals surface area (Å²) in [7, 11) is 1.67. The molecule has 1 amide bonds. The van der Waals surface area contributed by atoms with Crippen LogP contribution in [-0.4, -0.2) is 36.3 Å². The van der Waals surface area contributed by atoms with E-state index in [0.717, 1.165) is 24.4 Å². The molecule has 1 aromatic carbocycles. The van der Waals surface area contributed by atoms with Crippen molar-refractivity contribution in [3.63, 3.8) is 0 Å². The molecule has 2 aliphatic heterocycles. The predicted molar refractivity (Wildman–Crippen MR) is 74.7 cm³/mol.